The predicted molar refractivity (Wildman–Crippen MR) is 55.9 cm³/mol. The van der Waals surface area contributed by atoms with Gasteiger partial charge in [0, 0.05) is 0 Å². The molecule has 0 aliphatic carbocycles. The number of hydrogen-bond donors (Lipinski definition) is 0. The molecule has 0 radical (unpaired) electrons. The summed E-state index contributed by atoms with van der Waals surface area (Å²) in [5, 5.41) is 0. The van der Waals surface area contributed by atoms with Crippen molar-refractivity contribution in [3.8, 4) is 0 Å². The first-order chi connectivity index (χ1) is 5.49. The zero-order chi connectivity index (χ0) is 9.72. The van der Waals surface area contributed by atoms with Crippen molar-refractivity contribution in [3.05, 3.63) is 34.6 Å². The van der Waals surface area contributed by atoms with E-state index in [4.69, 9.17) is 0 Å². The molecule has 0 atom stereocenters. The monoisotopic (exact) mass is 232 g/mol. The molecule has 0 unspecified atom stereocenters. The lowest BCUT2D eigenvalue weighted by molar-refractivity contribution is 0.656. The topological polar surface area (TPSA) is 0 Å². The van der Waals surface area contributed by atoms with Gasteiger partial charge in [0.2, 0.25) is 0 Å². The Kier molecular flexibility index (Phi) is 5.14. The number of rotatable bonds is 3. The SMILES string of the molecule is C=C/C(Br)=C(F)\C=C(/C)C(C)C. The quantitative estimate of drug-likeness (QED) is 0.635. The molecule has 2 heteroatoms. The van der Waals surface area contributed by atoms with Gasteiger partial charge in [-0.3, -0.25) is 0 Å². The number of allylic oxidation sites excluding steroid dienone is 5. The van der Waals surface area contributed by atoms with Crippen LogP contribution in [0.15, 0.2) is 34.6 Å². The predicted octanol–water partition coefficient (Wildman–Crippen LogP) is 4.35. The molecule has 0 saturated heterocycles. The highest BCUT2D eigenvalue weighted by Gasteiger charge is 2.00. The minimum atomic E-state index is -0.267. The van der Waals surface area contributed by atoms with Crippen LogP contribution in [-0.4, -0.2) is 0 Å². The Balaban J connectivity index is 4.64. The molecular weight excluding hydrogens is 219 g/mol. The second-order valence-corrected chi connectivity index (χ2v) is 3.80. The lowest BCUT2D eigenvalue weighted by Gasteiger charge is -2.03. The van der Waals surface area contributed by atoms with Crippen LogP contribution < -0.4 is 0 Å². The first kappa shape index (κ1) is 11.6. The molecule has 0 amide bonds. The van der Waals surface area contributed by atoms with Gasteiger partial charge in [-0.2, -0.15) is 0 Å². The van der Waals surface area contributed by atoms with E-state index in [1.54, 1.807) is 0 Å². The average Bonchev–Trinajstić information content (AvgIpc) is 2.02. The first-order valence-electron chi connectivity index (χ1n) is 3.85. The van der Waals surface area contributed by atoms with Crippen molar-refractivity contribution in [2.24, 2.45) is 5.92 Å². The fourth-order valence-corrected chi connectivity index (χ4v) is 0.647. The Morgan fingerprint density at radius 2 is 2.00 bits per heavy atom. The van der Waals surface area contributed by atoms with Crippen LogP contribution in [0.5, 0.6) is 0 Å². The Labute approximate surface area is 82.0 Å². The molecule has 0 aromatic rings. The van der Waals surface area contributed by atoms with E-state index in [9.17, 15) is 4.39 Å². The summed E-state index contributed by atoms with van der Waals surface area (Å²) in [6.45, 7) is 9.43. The summed E-state index contributed by atoms with van der Waals surface area (Å²) in [6, 6.07) is 0. The van der Waals surface area contributed by atoms with Crippen molar-refractivity contribution < 1.29 is 4.39 Å². The Hall–Kier alpha value is -0.370. The maximum absolute atomic E-state index is 13.1. The largest absolute Gasteiger partial charge is 0.206 e. The second-order valence-electron chi connectivity index (χ2n) is 2.94. The third-order valence-electron chi connectivity index (χ3n) is 1.67. The molecule has 68 valence electrons. The van der Waals surface area contributed by atoms with E-state index in [0.29, 0.717) is 10.4 Å². The second kappa shape index (κ2) is 5.31. The standard InChI is InChI=1S/C10H14BrF/c1-5-9(11)10(12)6-8(4)7(2)3/h5-7H,1H2,2-4H3/b8-6+,10-9-. The number of hydrogen-bond acceptors (Lipinski definition) is 0. The van der Waals surface area contributed by atoms with Gasteiger partial charge in [-0.1, -0.05) is 32.1 Å². The minimum absolute atomic E-state index is 0.267. The maximum Gasteiger partial charge on any atom is 0.137 e. The molecule has 0 nitrogen and oxygen atoms in total. The Morgan fingerprint density at radius 3 is 2.33 bits per heavy atom. The van der Waals surface area contributed by atoms with E-state index in [0.717, 1.165) is 5.57 Å². The van der Waals surface area contributed by atoms with Gasteiger partial charge in [0.1, 0.15) is 5.83 Å². The number of halogens is 2. The molecule has 0 rings (SSSR count). The average molecular weight is 233 g/mol. The summed E-state index contributed by atoms with van der Waals surface area (Å²) in [5.41, 5.74) is 1.02. The van der Waals surface area contributed by atoms with Crippen molar-refractivity contribution in [1.29, 1.82) is 0 Å². The van der Waals surface area contributed by atoms with Gasteiger partial charge < -0.3 is 0 Å². The zero-order valence-electron chi connectivity index (χ0n) is 7.70. The molecule has 0 bridgehead atoms. The van der Waals surface area contributed by atoms with Gasteiger partial charge in [0.25, 0.3) is 0 Å². The van der Waals surface area contributed by atoms with Crippen molar-refractivity contribution >= 4 is 15.9 Å². The summed E-state index contributed by atoms with van der Waals surface area (Å²) in [5.74, 6) is 0.108. The van der Waals surface area contributed by atoms with Crippen LogP contribution in [-0.2, 0) is 0 Å². The molecule has 0 aliphatic rings. The van der Waals surface area contributed by atoms with Crippen LogP contribution in [0.4, 0.5) is 4.39 Å². The summed E-state index contributed by atoms with van der Waals surface area (Å²) < 4.78 is 13.5. The van der Waals surface area contributed by atoms with Gasteiger partial charge in [0.05, 0.1) is 4.48 Å². The van der Waals surface area contributed by atoms with Crippen LogP contribution >= 0.6 is 15.9 Å². The van der Waals surface area contributed by atoms with Gasteiger partial charge in [-0.25, -0.2) is 4.39 Å². The molecule has 0 saturated carbocycles. The Bertz CT molecular complexity index is 224. The van der Waals surface area contributed by atoms with Gasteiger partial charge in [-0.05, 0) is 34.8 Å². The van der Waals surface area contributed by atoms with E-state index in [1.165, 1.54) is 12.2 Å². The normalized spacial score (nSPS) is 14.7. The van der Waals surface area contributed by atoms with E-state index < -0.39 is 0 Å². The maximum atomic E-state index is 13.1. The molecule has 0 aromatic heterocycles. The third kappa shape index (κ3) is 3.86. The summed E-state index contributed by atoms with van der Waals surface area (Å²) in [4.78, 5) is 0. The van der Waals surface area contributed by atoms with Gasteiger partial charge in [0.15, 0.2) is 0 Å². The van der Waals surface area contributed by atoms with E-state index >= 15 is 0 Å². The lowest BCUT2D eigenvalue weighted by atomic mass is 10.1. The van der Waals surface area contributed by atoms with Crippen LogP contribution in [0.3, 0.4) is 0 Å². The summed E-state index contributed by atoms with van der Waals surface area (Å²) >= 11 is 3.06. The molecule has 0 fully saturated rings. The first-order valence-corrected chi connectivity index (χ1v) is 4.64. The van der Waals surface area contributed by atoms with Crippen LogP contribution in [0.2, 0.25) is 0 Å². The highest BCUT2D eigenvalue weighted by molar-refractivity contribution is 9.11. The van der Waals surface area contributed by atoms with Crippen LogP contribution in [0, 0.1) is 5.92 Å². The van der Waals surface area contributed by atoms with Gasteiger partial charge >= 0.3 is 0 Å². The Morgan fingerprint density at radius 1 is 1.50 bits per heavy atom. The van der Waals surface area contributed by atoms with Crippen molar-refractivity contribution in [2.45, 2.75) is 20.8 Å². The van der Waals surface area contributed by atoms with E-state index in [-0.39, 0.29) is 5.83 Å². The van der Waals surface area contributed by atoms with Crippen molar-refractivity contribution in [2.75, 3.05) is 0 Å². The molecular formula is C10H14BrF. The molecule has 0 N–H and O–H groups in total. The smallest absolute Gasteiger partial charge is 0.137 e. The highest BCUT2D eigenvalue weighted by Crippen LogP contribution is 2.19. The molecule has 0 spiro atoms. The van der Waals surface area contributed by atoms with E-state index in [2.05, 4.69) is 22.5 Å². The highest BCUT2D eigenvalue weighted by atomic mass is 79.9. The minimum Gasteiger partial charge on any atom is -0.206 e. The molecule has 0 aromatic carbocycles. The summed E-state index contributed by atoms with van der Waals surface area (Å²) in [7, 11) is 0. The molecule has 12 heavy (non-hydrogen) atoms. The fourth-order valence-electron chi connectivity index (χ4n) is 0.533. The lowest BCUT2D eigenvalue weighted by Crippen LogP contribution is -1.88. The zero-order valence-corrected chi connectivity index (χ0v) is 9.28. The van der Waals surface area contributed by atoms with Crippen LogP contribution in [0.25, 0.3) is 0 Å². The van der Waals surface area contributed by atoms with Crippen LogP contribution in [0.1, 0.15) is 20.8 Å². The molecule has 0 aliphatic heterocycles. The third-order valence-corrected chi connectivity index (χ3v) is 2.37. The summed E-state index contributed by atoms with van der Waals surface area (Å²) in [6.07, 6.45) is 2.97. The molecule has 0 heterocycles. The van der Waals surface area contributed by atoms with Crippen molar-refractivity contribution in [3.63, 3.8) is 0 Å². The fraction of sp³-hybridized carbons (Fsp3) is 0.400. The van der Waals surface area contributed by atoms with Crippen molar-refractivity contribution in [1.82, 2.24) is 0 Å². The van der Waals surface area contributed by atoms with Gasteiger partial charge in [-0.15, -0.1) is 0 Å². The van der Waals surface area contributed by atoms with E-state index in [1.807, 2.05) is 20.8 Å².